The topological polar surface area (TPSA) is 84.9 Å². The Balaban J connectivity index is 1.46. The molecule has 1 saturated heterocycles. The zero-order chi connectivity index (χ0) is 21.9. The van der Waals surface area contributed by atoms with Gasteiger partial charge in [-0.15, -0.1) is 0 Å². The molecule has 1 saturated carbocycles. The van der Waals surface area contributed by atoms with Crippen LogP contribution in [0.3, 0.4) is 0 Å². The maximum Gasteiger partial charge on any atom is 0.326 e. The predicted molar refractivity (Wildman–Crippen MR) is 112 cm³/mol. The molecule has 3 rings (SSSR count). The Morgan fingerprint density at radius 1 is 1.17 bits per heavy atom. The molecule has 1 aliphatic carbocycles. The lowest BCUT2D eigenvalue weighted by atomic mass is 9.67. The molecule has 0 bridgehead atoms. The minimum absolute atomic E-state index is 0.0174. The van der Waals surface area contributed by atoms with Crippen LogP contribution < -0.4 is 10.1 Å². The van der Waals surface area contributed by atoms with Gasteiger partial charge in [-0.25, -0.2) is 4.79 Å². The molecule has 8 heteroatoms. The number of rotatable bonds is 6. The molecule has 0 atom stereocenters. The molecule has 0 radical (unpaired) electrons. The van der Waals surface area contributed by atoms with Crippen LogP contribution in [0.1, 0.15) is 46.5 Å². The Morgan fingerprint density at radius 2 is 1.80 bits per heavy atom. The molecule has 0 aromatic heterocycles. The highest BCUT2D eigenvalue weighted by Gasteiger charge is 2.53. The number of amides is 3. The molecule has 164 valence electrons. The van der Waals surface area contributed by atoms with E-state index in [2.05, 4.69) is 26.1 Å². The lowest BCUT2D eigenvalue weighted by Gasteiger charge is -2.40. The molecule has 0 unspecified atom stereocenters. The van der Waals surface area contributed by atoms with Gasteiger partial charge in [-0.3, -0.25) is 14.5 Å². The number of benzene rings is 1. The van der Waals surface area contributed by atoms with Gasteiger partial charge in [0.15, 0.2) is 0 Å². The quantitative estimate of drug-likeness (QED) is 0.416. The average Bonchev–Trinajstić information content (AvgIpc) is 2.90. The largest absolute Gasteiger partial charge is 0.490 e. The number of urea groups is 1. The summed E-state index contributed by atoms with van der Waals surface area (Å²) in [5.41, 5.74) is -0.707. The molecule has 1 spiro atoms. The van der Waals surface area contributed by atoms with Gasteiger partial charge in [0.05, 0.1) is 0 Å². The molecule has 3 amide bonds. The highest BCUT2D eigenvalue weighted by Crippen LogP contribution is 2.43. The van der Waals surface area contributed by atoms with Gasteiger partial charge in [-0.05, 0) is 61.3 Å². The van der Waals surface area contributed by atoms with Crippen LogP contribution in [-0.2, 0) is 14.3 Å². The van der Waals surface area contributed by atoms with Crippen molar-refractivity contribution in [3.8, 4) is 5.75 Å². The van der Waals surface area contributed by atoms with Crippen molar-refractivity contribution in [3.05, 3.63) is 29.3 Å². The highest BCUT2D eigenvalue weighted by molar-refractivity contribution is 6.30. The van der Waals surface area contributed by atoms with Crippen molar-refractivity contribution in [2.45, 2.75) is 52.0 Å². The Morgan fingerprint density at radius 3 is 2.40 bits per heavy atom. The monoisotopic (exact) mass is 436 g/mol. The van der Waals surface area contributed by atoms with Gasteiger partial charge in [-0.2, -0.15) is 0 Å². The summed E-state index contributed by atoms with van der Waals surface area (Å²) < 4.78 is 10.6. The summed E-state index contributed by atoms with van der Waals surface area (Å²) in [4.78, 5) is 38.4. The molecule has 2 fully saturated rings. The number of halogens is 1. The Kier molecular flexibility index (Phi) is 6.60. The summed E-state index contributed by atoms with van der Waals surface area (Å²) in [6.07, 6.45) is 2.94. The van der Waals surface area contributed by atoms with Crippen LogP contribution in [0.4, 0.5) is 4.79 Å². The van der Waals surface area contributed by atoms with Crippen molar-refractivity contribution in [1.29, 1.82) is 0 Å². The lowest BCUT2D eigenvalue weighted by Crippen LogP contribution is -2.50. The summed E-state index contributed by atoms with van der Waals surface area (Å²) in [6, 6.07) is 6.30. The normalized spacial score (nSPS) is 24.1. The average molecular weight is 437 g/mol. The van der Waals surface area contributed by atoms with Crippen molar-refractivity contribution in [2.24, 2.45) is 11.3 Å². The third kappa shape index (κ3) is 5.06. The van der Waals surface area contributed by atoms with Gasteiger partial charge in [0, 0.05) is 5.02 Å². The molecule has 1 N–H and O–H groups in total. The van der Waals surface area contributed by atoms with Crippen LogP contribution in [0.15, 0.2) is 24.3 Å². The molecule has 1 heterocycles. The van der Waals surface area contributed by atoms with Crippen molar-refractivity contribution < 1.29 is 23.9 Å². The molecule has 2 aliphatic rings. The van der Waals surface area contributed by atoms with Crippen LogP contribution in [-0.4, -0.2) is 48.1 Å². The SMILES string of the molecule is CC(C)(C)C1CCC2(CC1)NC(=O)N(CC(=O)OCCOc1ccc(Cl)cc1)C2=O. The van der Waals surface area contributed by atoms with E-state index in [9.17, 15) is 14.4 Å². The minimum Gasteiger partial charge on any atom is -0.490 e. The first-order chi connectivity index (χ1) is 14.1. The van der Waals surface area contributed by atoms with E-state index in [0.717, 1.165) is 17.7 Å². The van der Waals surface area contributed by atoms with Gasteiger partial charge in [0.25, 0.3) is 5.91 Å². The molecular weight excluding hydrogens is 408 g/mol. The van der Waals surface area contributed by atoms with Crippen LogP contribution in [0.25, 0.3) is 0 Å². The molecule has 7 nitrogen and oxygen atoms in total. The van der Waals surface area contributed by atoms with E-state index >= 15 is 0 Å². The van der Waals surface area contributed by atoms with Gasteiger partial charge in [0.1, 0.15) is 31.0 Å². The van der Waals surface area contributed by atoms with E-state index < -0.39 is 24.1 Å². The van der Waals surface area contributed by atoms with Crippen LogP contribution in [0, 0.1) is 11.3 Å². The molecule has 30 heavy (non-hydrogen) atoms. The molecule has 1 aliphatic heterocycles. The second kappa shape index (κ2) is 8.84. The first kappa shape index (κ1) is 22.4. The molecule has 1 aromatic rings. The Labute approximate surface area is 182 Å². The Bertz CT molecular complexity index is 795. The predicted octanol–water partition coefficient (Wildman–Crippen LogP) is 3.79. The Hall–Kier alpha value is -2.28. The second-order valence-corrected chi connectivity index (χ2v) is 9.50. The number of hydrogen-bond donors (Lipinski definition) is 1. The van der Waals surface area contributed by atoms with Crippen molar-refractivity contribution >= 4 is 29.5 Å². The lowest BCUT2D eigenvalue weighted by molar-refractivity contribution is -0.148. The van der Waals surface area contributed by atoms with E-state index in [1.165, 1.54) is 0 Å². The fourth-order valence-corrected chi connectivity index (χ4v) is 4.28. The third-order valence-electron chi connectivity index (χ3n) is 6.03. The van der Waals surface area contributed by atoms with Gasteiger partial charge >= 0.3 is 12.0 Å². The summed E-state index contributed by atoms with van der Waals surface area (Å²) in [7, 11) is 0. The van der Waals surface area contributed by atoms with Crippen LogP contribution in [0.2, 0.25) is 5.02 Å². The van der Waals surface area contributed by atoms with E-state index in [-0.39, 0.29) is 24.5 Å². The minimum atomic E-state index is -0.878. The maximum atomic E-state index is 12.9. The smallest absolute Gasteiger partial charge is 0.326 e. The van der Waals surface area contributed by atoms with Gasteiger partial charge in [-0.1, -0.05) is 32.4 Å². The third-order valence-corrected chi connectivity index (χ3v) is 6.28. The fraction of sp³-hybridized carbons (Fsp3) is 0.591. The van der Waals surface area contributed by atoms with Gasteiger partial charge in [0.2, 0.25) is 0 Å². The number of carbonyl (C=O) groups is 3. The summed E-state index contributed by atoms with van der Waals surface area (Å²) >= 11 is 5.81. The number of imide groups is 1. The van der Waals surface area contributed by atoms with Crippen LogP contribution >= 0.6 is 11.6 Å². The number of ether oxygens (including phenoxy) is 2. The first-order valence-electron chi connectivity index (χ1n) is 10.3. The van der Waals surface area contributed by atoms with E-state index in [4.69, 9.17) is 21.1 Å². The van der Waals surface area contributed by atoms with Crippen molar-refractivity contribution in [1.82, 2.24) is 10.2 Å². The number of hydrogen-bond acceptors (Lipinski definition) is 5. The van der Waals surface area contributed by atoms with Crippen molar-refractivity contribution in [2.75, 3.05) is 19.8 Å². The second-order valence-electron chi connectivity index (χ2n) is 9.07. The first-order valence-corrected chi connectivity index (χ1v) is 10.7. The summed E-state index contributed by atoms with van der Waals surface area (Å²) in [5.74, 6) is 0.151. The van der Waals surface area contributed by atoms with E-state index in [1.54, 1.807) is 24.3 Å². The van der Waals surface area contributed by atoms with Crippen LogP contribution in [0.5, 0.6) is 5.75 Å². The van der Waals surface area contributed by atoms with E-state index in [1.807, 2.05) is 0 Å². The number of nitrogens with zero attached hydrogens (tertiary/aromatic N) is 1. The summed E-state index contributed by atoms with van der Waals surface area (Å²) in [5, 5.41) is 3.44. The highest BCUT2D eigenvalue weighted by atomic mass is 35.5. The molecular formula is C22H29ClN2O5. The molecule has 1 aromatic carbocycles. The van der Waals surface area contributed by atoms with Crippen molar-refractivity contribution in [3.63, 3.8) is 0 Å². The number of esters is 1. The zero-order valence-electron chi connectivity index (χ0n) is 17.7. The zero-order valence-corrected chi connectivity index (χ0v) is 18.5. The standard InChI is InChI=1S/C22H29ClN2O5/c1-21(2,3)15-8-10-22(11-9-15)19(27)25(20(28)24-22)14-18(26)30-13-12-29-17-6-4-16(23)5-7-17/h4-7,15H,8-14H2,1-3H3,(H,24,28). The number of nitrogens with one attached hydrogen (secondary N) is 1. The van der Waals surface area contributed by atoms with E-state index in [0.29, 0.717) is 29.5 Å². The fourth-order valence-electron chi connectivity index (χ4n) is 4.16. The number of carbonyl (C=O) groups excluding carboxylic acids is 3. The maximum absolute atomic E-state index is 12.9. The summed E-state index contributed by atoms with van der Waals surface area (Å²) in [6.45, 7) is 6.38. The van der Waals surface area contributed by atoms with Gasteiger partial charge < -0.3 is 14.8 Å².